The van der Waals surface area contributed by atoms with Crippen molar-refractivity contribution in [2.45, 2.75) is 13.3 Å². The van der Waals surface area contributed by atoms with E-state index in [0.717, 1.165) is 12.0 Å². The quantitative estimate of drug-likeness (QED) is 0.493. The first kappa shape index (κ1) is 15.6. The van der Waals surface area contributed by atoms with Gasteiger partial charge in [0.1, 0.15) is 5.75 Å². The smallest absolute Gasteiger partial charge is 0.315 e. The molecule has 0 saturated carbocycles. The number of rotatable bonds is 4. The van der Waals surface area contributed by atoms with Crippen LogP contribution >= 0.6 is 12.6 Å². The number of para-hydroxylation sites is 1. The average Bonchev–Trinajstić information content (AvgIpc) is 2.33. The zero-order chi connectivity index (χ0) is 13.1. The van der Waals surface area contributed by atoms with Crippen molar-refractivity contribution in [1.29, 1.82) is 0 Å². The molecule has 4 heteroatoms. The molecule has 1 rings (SSSR count). The summed E-state index contributed by atoms with van der Waals surface area (Å²) in [5.74, 6) is 0.265. The number of ether oxygens (including phenoxy) is 1. The molecule has 0 spiro atoms. The van der Waals surface area contributed by atoms with Crippen molar-refractivity contribution in [3.8, 4) is 5.75 Å². The number of esters is 1. The molecule has 0 heterocycles. The summed E-state index contributed by atoms with van der Waals surface area (Å²) in [6, 6.07) is 7.27. The molecule has 0 aliphatic carbocycles. The topological polar surface area (TPSA) is 46.5 Å². The van der Waals surface area contributed by atoms with E-state index in [0.29, 0.717) is 12.4 Å². The Morgan fingerprint density at radius 2 is 2.18 bits per heavy atom. The Hall–Kier alpha value is -1.42. The van der Waals surface area contributed by atoms with Crippen LogP contribution in [0.15, 0.2) is 36.9 Å². The van der Waals surface area contributed by atoms with Gasteiger partial charge >= 0.3 is 5.97 Å². The molecular weight excluding hydrogens is 236 g/mol. The Kier molecular flexibility index (Phi) is 8.96. The van der Waals surface area contributed by atoms with Gasteiger partial charge in [0.15, 0.2) is 0 Å². The van der Waals surface area contributed by atoms with Crippen LogP contribution in [0, 0.1) is 0 Å². The highest BCUT2D eigenvalue weighted by atomic mass is 32.1. The highest BCUT2D eigenvalue weighted by Crippen LogP contribution is 2.15. The molecule has 0 amide bonds. The molecular formula is C13H18O3S. The van der Waals surface area contributed by atoms with Gasteiger partial charge in [0, 0.05) is 0 Å². The number of benzene rings is 1. The number of thiol groups is 1. The van der Waals surface area contributed by atoms with E-state index in [2.05, 4.69) is 23.9 Å². The standard InChI is InChI=1S/C9H10O.C4H8O2S/c1-2-5-8-6-3-4-7-9(8)10;1-2-6-4(5)3-7/h2-4,6-7,10H,1,5H2;7H,2-3H2,1H3. The van der Waals surface area contributed by atoms with Gasteiger partial charge in [-0.25, -0.2) is 0 Å². The van der Waals surface area contributed by atoms with Crippen molar-refractivity contribution in [3.05, 3.63) is 42.5 Å². The van der Waals surface area contributed by atoms with Gasteiger partial charge in [0.2, 0.25) is 0 Å². The molecule has 0 fully saturated rings. The van der Waals surface area contributed by atoms with Crippen molar-refractivity contribution in [2.24, 2.45) is 0 Å². The fourth-order valence-corrected chi connectivity index (χ4v) is 1.14. The molecule has 1 aromatic rings. The maximum atomic E-state index is 10.1. The summed E-state index contributed by atoms with van der Waals surface area (Å²) in [4.78, 5) is 10.1. The van der Waals surface area contributed by atoms with Crippen molar-refractivity contribution >= 4 is 18.6 Å². The van der Waals surface area contributed by atoms with Gasteiger partial charge in [-0.2, -0.15) is 12.6 Å². The second-order valence-corrected chi connectivity index (χ2v) is 3.40. The fraction of sp³-hybridized carbons (Fsp3) is 0.308. The van der Waals surface area contributed by atoms with E-state index in [1.54, 1.807) is 19.1 Å². The zero-order valence-corrected chi connectivity index (χ0v) is 10.8. The highest BCUT2D eigenvalue weighted by molar-refractivity contribution is 7.81. The Balaban J connectivity index is 0.000000325. The minimum absolute atomic E-state index is 0.174. The van der Waals surface area contributed by atoms with Crippen LogP contribution < -0.4 is 0 Å². The molecule has 0 radical (unpaired) electrons. The van der Waals surface area contributed by atoms with E-state index in [9.17, 15) is 9.90 Å². The third-order valence-electron chi connectivity index (χ3n) is 1.79. The minimum Gasteiger partial charge on any atom is -0.508 e. The summed E-state index contributed by atoms with van der Waals surface area (Å²) in [7, 11) is 0. The normalized spacial score (nSPS) is 8.82. The summed E-state index contributed by atoms with van der Waals surface area (Å²) in [5.41, 5.74) is 0.928. The van der Waals surface area contributed by atoms with Gasteiger partial charge in [-0.05, 0) is 25.0 Å². The second kappa shape index (κ2) is 9.78. The molecule has 0 aromatic heterocycles. The molecule has 0 aliphatic rings. The van der Waals surface area contributed by atoms with Crippen LogP contribution in [0.1, 0.15) is 12.5 Å². The lowest BCUT2D eigenvalue weighted by molar-refractivity contribution is -0.139. The first-order chi connectivity index (χ1) is 8.15. The van der Waals surface area contributed by atoms with Crippen LogP contribution in [0.25, 0.3) is 0 Å². The van der Waals surface area contributed by atoms with Gasteiger partial charge in [0.25, 0.3) is 0 Å². The van der Waals surface area contributed by atoms with Crippen LogP contribution in [-0.2, 0) is 16.0 Å². The number of phenols is 1. The van der Waals surface area contributed by atoms with Crippen molar-refractivity contribution in [1.82, 2.24) is 0 Å². The van der Waals surface area contributed by atoms with Crippen molar-refractivity contribution < 1.29 is 14.6 Å². The molecule has 94 valence electrons. The Bertz CT molecular complexity index is 350. The Morgan fingerprint density at radius 3 is 2.59 bits per heavy atom. The van der Waals surface area contributed by atoms with Gasteiger partial charge in [-0.15, -0.1) is 6.58 Å². The van der Waals surface area contributed by atoms with E-state index in [1.807, 2.05) is 18.2 Å². The van der Waals surface area contributed by atoms with Crippen LogP contribution in [-0.4, -0.2) is 23.4 Å². The van der Waals surface area contributed by atoms with Gasteiger partial charge in [-0.3, -0.25) is 4.79 Å². The third-order valence-corrected chi connectivity index (χ3v) is 2.05. The number of hydrogen-bond acceptors (Lipinski definition) is 4. The highest BCUT2D eigenvalue weighted by Gasteiger charge is 1.94. The minimum atomic E-state index is -0.258. The number of carbonyl (C=O) groups is 1. The predicted molar refractivity (Wildman–Crippen MR) is 72.5 cm³/mol. The number of allylic oxidation sites excluding steroid dienone is 1. The molecule has 17 heavy (non-hydrogen) atoms. The third kappa shape index (κ3) is 7.47. The van der Waals surface area contributed by atoms with E-state index >= 15 is 0 Å². The first-order valence-electron chi connectivity index (χ1n) is 5.29. The summed E-state index contributed by atoms with van der Waals surface area (Å²) in [6.07, 6.45) is 2.50. The van der Waals surface area contributed by atoms with Crippen LogP contribution in [0.4, 0.5) is 0 Å². The zero-order valence-electron chi connectivity index (χ0n) is 9.93. The van der Waals surface area contributed by atoms with E-state index in [-0.39, 0.29) is 11.7 Å². The monoisotopic (exact) mass is 254 g/mol. The summed E-state index contributed by atoms with van der Waals surface area (Å²) in [5, 5.41) is 9.19. The number of hydrogen-bond donors (Lipinski definition) is 2. The van der Waals surface area contributed by atoms with E-state index in [4.69, 9.17) is 0 Å². The SMILES string of the molecule is C=CCc1ccccc1O.CCOC(=O)CS. The molecule has 3 nitrogen and oxygen atoms in total. The van der Waals surface area contributed by atoms with Crippen LogP contribution in [0.5, 0.6) is 5.75 Å². The second-order valence-electron chi connectivity index (χ2n) is 3.08. The summed E-state index contributed by atoms with van der Waals surface area (Å²) >= 11 is 3.67. The molecule has 0 bridgehead atoms. The molecule has 0 saturated heterocycles. The average molecular weight is 254 g/mol. The summed E-state index contributed by atoms with van der Waals surface area (Å²) < 4.78 is 4.48. The van der Waals surface area contributed by atoms with Crippen molar-refractivity contribution in [2.75, 3.05) is 12.4 Å². The maximum absolute atomic E-state index is 10.1. The fourth-order valence-electron chi connectivity index (χ4n) is 1.05. The lowest BCUT2D eigenvalue weighted by Crippen LogP contribution is -2.03. The van der Waals surface area contributed by atoms with Crippen LogP contribution in [0.2, 0.25) is 0 Å². The van der Waals surface area contributed by atoms with Crippen molar-refractivity contribution in [3.63, 3.8) is 0 Å². The maximum Gasteiger partial charge on any atom is 0.315 e. The Labute approximate surface area is 108 Å². The lowest BCUT2D eigenvalue weighted by Gasteiger charge is -1.97. The van der Waals surface area contributed by atoms with E-state index < -0.39 is 0 Å². The molecule has 1 N–H and O–H groups in total. The molecule has 0 atom stereocenters. The summed E-state index contributed by atoms with van der Waals surface area (Å²) in [6.45, 7) is 5.80. The van der Waals surface area contributed by atoms with Gasteiger partial charge < -0.3 is 9.84 Å². The van der Waals surface area contributed by atoms with Gasteiger partial charge in [-0.1, -0.05) is 24.3 Å². The van der Waals surface area contributed by atoms with E-state index in [1.165, 1.54) is 0 Å². The molecule has 0 aliphatic heterocycles. The number of phenolic OH excluding ortho intramolecular Hbond substituents is 1. The van der Waals surface area contributed by atoms with Crippen LogP contribution in [0.3, 0.4) is 0 Å². The molecule has 0 unspecified atom stereocenters. The Morgan fingerprint density at radius 1 is 1.53 bits per heavy atom. The lowest BCUT2D eigenvalue weighted by atomic mass is 10.1. The first-order valence-corrected chi connectivity index (χ1v) is 5.93. The molecule has 1 aromatic carbocycles. The number of carbonyl (C=O) groups excluding carboxylic acids is 1. The number of aromatic hydroxyl groups is 1. The predicted octanol–water partition coefficient (Wildman–Crippen LogP) is 2.60. The largest absolute Gasteiger partial charge is 0.508 e. The van der Waals surface area contributed by atoms with Gasteiger partial charge in [0.05, 0.1) is 12.4 Å².